The molecule has 0 saturated heterocycles. The molecule has 4 rings (SSSR count). The fraction of sp³-hybridized carbons (Fsp3) is 0.0870. The van der Waals surface area contributed by atoms with Crippen LogP contribution in [-0.2, 0) is 10.0 Å². The summed E-state index contributed by atoms with van der Waals surface area (Å²) in [6.07, 6.45) is 0. The van der Waals surface area contributed by atoms with Crippen molar-refractivity contribution in [2.24, 2.45) is 16.7 Å². The molecular weight excluding hydrogens is 484 g/mol. The van der Waals surface area contributed by atoms with Crippen molar-refractivity contribution in [1.82, 2.24) is 15.5 Å². The number of aromatic nitrogens is 2. The van der Waals surface area contributed by atoms with Gasteiger partial charge in [-0.25, -0.2) is 29.8 Å². The average molecular weight is 509 g/mol. The number of hydrazone groups is 1. The number of para-hydroxylation sites is 2. The van der Waals surface area contributed by atoms with E-state index in [1.807, 2.05) is 6.07 Å². The third-order valence-corrected chi connectivity index (χ3v) is 6.38. The number of ether oxygens (including phenoxy) is 2. The zero-order valence-electron chi connectivity index (χ0n) is 19.4. The topological polar surface area (TPSA) is 179 Å². The molecule has 0 fully saturated rings. The maximum absolute atomic E-state index is 13.3. The van der Waals surface area contributed by atoms with Gasteiger partial charge in [-0.05, 0) is 24.3 Å². The molecule has 1 heterocycles. The van der Waals surface area contributed by atoms with Crippen LogP contribution in [0.5, 0.6) is 11.5 Å². The van der Waals surface area contributed by atoms with E-state index < -0.39 is 10.0 Å². The third-order valence-electron chi connectivity index (χ3n) is 5.04. The summed E-state index contributed by atoms with van der Waals surface area (Å²) in [5, 5.41) is 6.79. The zero-order chi connectivity index (χ0) is 25.7. The fourth-order valence-electron chi connectivity index (χ4n) is 3.32. The normalized spacial score (nSPS) is 11.7. The molecule has 7 N–H and O–H groups in total. The maximum atomic E-state index is 13.3. The second-order valence-corrected chi connectivity index (χ2v) is 9.08. The highest BCUT2D eigenvalue weighted by molar-refractivity contribution is 7.92. The number of fused-ring (bicyclic) bond motifs is 1. The Morgan fingerprint density at radius 1 is 0.889 bits per heavy atom. The molecule has 13 heteroatoms. The molecule has 0 aliphatic rings. The minimum Gasteiger partial charge on any atom is -0.497 e. The van der Waals surface area contributed by atoms with E-state index in [4.69, 9.17) is 21.1 Å². The largest absolute Gasteiger partial charge is 0.497 e. The van der Waals surface area contributed by atoms with Gasteiger partial charge >= 0.3 is 0 Å². The average Bonchev–Trinajstić information content (AvgIpc) is 2.88. The van der Waals surface area contributed by atoms with Crippen LogP contribution < -0.4 is 36.6 Å². The van der Waals surface area contributed by atoms with Gasteiger partial charge in [0, 0.05) is 29.4 Å². The van der Waals surface area contributed by atoms with Gasteiger partial charge in [0.2, 0.25) is 0 Å². The predicted octanol–water partition coefficient (Wildman–Crippen LogP) is 2.27. The first-order valence-corrected chi connectivity index (χ1v) is 12.0. The van der Waals surface area contributed by atoms with Crippen LogP contribution in [0.1, 0.15) is 5.56 Å². The van der Waals surface area contributed by atoms with E-state index in [-0.39, 0.29) is 22.4 Å². The van der Waals surface area contributed by atoms with E-state index in [0.717, 1.165) is 0 Å². The number of methoxy groups -OCH3 is 2. The van der Waals surface area contributed by atoms with Gasteiger partial charge in [0.1, 0.15) is 11.5 Å². The summed E-state index contributed by atoms with van der Waals surface area (Å²) >= 11 is 0. The Morgan fingerprint density at radius 3 is 2.14 bits per heavy atom. The fourth-order valence-corrected chi connectivity index (χ4v) is 4.37. The number of nitrogens with one attached hydrogen (secondary N) is 3. The second-order valence-electron chi connectivity index (χ2n) is 7.40. The number of hydrogen-bond acceptors (Lipinski definition) is 10. The molecule has 12 nitrogen and oxygen atoms in total. The molecule has 0 radical (unpaired) electrons. The van der Waals surface area contributed by atoms with Crippen molar-refractivity contribution in [2.45, 2.75) is 4.90 Å². The number of benzene rings is 3. The van der Waals surface area contributed by atoms with Crippen molar-refractivity contribution in [3.05, 3.63) is 72.3 Å². The Labute approximate surface area is 207 Å². The Morgan fingerprint density at radius 2 is 1.53 bits per heavy atom. The highest BCUT2D eigenvalue weighted by Crippen LogP contribution is 2.31. The summed E-state index contributed by atoms with van der Waals surface area (Å²) in [6.45, 7) is 0. The zero-order valence-corrected chi connectivity index (χ0v) is 20.2. The van der Waals surface area contributed by atoms with E-state index in [9.17, 15) is 8.42 Å². The van der Waals surface area contributed by atoms with Gasteiger partial charge in [-0.15, -0.1) is 5.10 Å². The van der Waals surface area contributed by atoms with Crippen molar-refractivity contribution in [1.29, 1.82) is 0 Å². The molecule has 0 aliphatic carbocycles. The Balaban J connectivity index is 1.77. The molecule has 186 valence electrons. The van der Waals surface area contributed by atoms with E-state index in [0.29, 0.717) is 33.8 Å². The lowest BCUT2D eigenvalue weighted by Gasteiger charge is -2.15. The molecule has 0 amide bonds. The maximum Gasteiger partial charge on any atom is 0.263 e. The number of nitrogens with two attached hydrogens (primary N) is 2. The van der Waals surface area contributed by atoms with Gasteiger partial charge < -0.3 is 20.5 Å². The predicted molar refractivity (Wildman–Crippen MR) is 138 cm³/mol. The molecule has 1 aromatic heterocycles. The Bertz CT molecular complexity index is 1520. The van der Waals surface area contributed by atoms with Gasteiger partial charge in [-0.1, -0.05) is 24.3 Å². The molecule has 0 atom stereocenters. The van der Waals surface area contributed by atoms with E-state index in [2.05, 4.69) is 30.6 Å². The lowest BCUT2D eigenvalue weighted by atomic mass is 10.2. The molecule has 0 unspecified atom stereocenters. The van der Waals surface area contributed by atoms with Crippen LogP contribution in [0.25, 0.3) is 11.0 Å². The summed E-state index contributed by atoms with van der Waals surface area (Å²) in [7, 11) is -1.04. The number of sulfonamides is 1. The van der Waals surface area contributed by atoms with Gasteiger partial charge in [0.25, 0.3) is 10.0 Å². The highest BCUT2D eigenvalue weighted by atomic mass is 32.2. The monoisotopic (exact) mass is 508 g/mol. The molecule has 36 heavy (non-hydrogen) atoms. The van der Waals surface area contributed by atoms with E-state index in [1.165, 1.54) is 32.4 Å². The number of amidine groups is 1. The van der Waals surface area contributed by atoms with Crippen molar-refractivity contribution >= 4 is 44.2 Å². The summed E-state index contributed by atoms with van der Waals surface area (Å²) in [5.41, 5.74) is 9.90. The molecule has 0 saturated carbocycles. The smallest absolute Gasteiger partial charge is 0.263 e. The van der Waals surface area contributed by atoms with Crippen LogP contribution in [0.3, 0.4) is 0 Å². The number of nitrogens with zero attached hydrogens (tertiary/aromatic N) is 3. The molecular formula is C23H24N8O4S. The number of anilines is 3. The van der Waals surface area contributed by atoms with Crippen molar-refractivity contribution in [3.63, 3.8) is 0 Å². The molecule has 0 spiro atoms. The van der Waals surface area contributed by atoms with E-state index in [1.54, 1.807) is 42.5 Å². The number of hydrazine groups is 1. The van der Waals surface area contributed by atoms with Crippen LogP contribution in [0.15, 0.2) is 76.7 Å². The molecule has 0 aliphatic heterocycles. The lowest BCUT2D eigenvalue weighted by molar-refractivity contribution is 0.395. The second kappa shape index (κ2) is 10.3. The Kier molecular flexibility index (Phi) is 7.03. The SMILES string of the molecule is COc1cc(Nc2nc3ccccc3nc2NS(=O)(=O)c2cccc(/C(N)=N/NN)c2)cc(OC)c1. The quantitative estimate of drug-likeness (QED) is 0.0974. The van der Waals surface area contributed by atoms with E-state index >= 15 is 0 Å². The van der Waals surface area contributed by atoms with Crippen molar-refractivity contribution < 1.29 is 17.9 Å². The Hall–Kier alpha value is -4.62. The summed E-state index contributed by atoms with van der Waals surface area (Å²) in [6, 6.07) is 18.2. The lowest BCUT2D eigenvalue weighted by Crippen LogP contribution is -2.23. The van der Waals surface area contributed by atoms with Crippen LogP contribution in [0.4, 0.5) is 17.3 Å². The van der Waals surface area contributed by atoms with Gasteiger partial charge in [-0.3, -0.25) is 4.72 Å². The van der Waals surface area contributed by atoms with Crippen LogP contribution in [-0.4, -0.2) is 38.4 Å². The van der Waals surface area contributed by atoms with Crippen molar-refractivity contribution in [2.75, 3.05) is 24.3 Å². The molecule has 3 aromatic carbocycles. The van der Waals surface area contributed by atoms with Crippen LogP contribution >= 0.6 is 0 Å². The van der Waals surface area contributed by atoms with Gasteiger partial charge in [0.05, 0.1) is 30.1 Å². The molecule has 4 aromatic rings. The highest BCUT2D eigenvalue weighted by Gasteiger charge is 2.20. The first kappa shape index (κ1) is 24.5. The standard InChI is InChI=1S/C23H24N8O4S/c1-34-16-11-15(12-17(13-16)35-2)26-22-23(28-20-9-4-3-8-19(20)27-22)30-36(32,33)18-7-5-6-14(10-18)21(24)29-31-25/h3-13,31H,25H2,1-2H3,(H2,24,29)(H,26,27)(H,28,30). The van der Waals surface area contributed by atoms with Gasteiger partial charge in [-0.2, -0.15) is 0 Å². The van der Waals surface area contributed by atoms with Crippen molar-refractivity contribution in [3.8, 4) is 11.5 Å². The summed E-state index contributed by atoms with van der Waals surface area (Å²) < 4.78 is 39.8. The number of hydrogen-bond donors (Lipinski definition) is 5. The summed E-state index contributed by atoms with van der Waals surface area (Å²) in [4.78, 5) is 9.03. The van der Waals surface area contributed by atoms with Crippen LogP contribution in [0.2, 0.25) is 0 Å². The van der Waals surface area contributed by atoms with Gasteiger partial charge in [0.15, 0.2) is 17.5 Å². The molecule has 0 bridgehead atoms. The summed E-state index contributed by atoms with van der Waals surface area (Å²) in [5.74, 6) is 6.44. The first-order chi connectivity index (χ1) is 17.3. The number of rotatable bonds is 9. The van der Waals surface area contributed by atoms with Crippen LogP contribution in [0, 0.1) is 0 Å². The minimum absolute atomic E-state index is 0.00819. The third kappa shape index (κ3) is 5.37. The minimum atomic E-state index is -4.10. The first-order valence-electron chi connectivity index (χ1n) is 10.5.